The Balaban J connectivity index is 2.02. The molecule has 0 spiro atoms. The molecule has 0 saturated carbocycles. The van der Waals surface area contributed by atoms with E-state index >= 15 is 0 Å². The molecule has 7 heteroatoms. The van der Waals surface area contributed by atoms with Gasteiger partial charge in [-0.15, -0.1) is 24.5 Å². The molecule has 0 radical (unpaired) electrons. The third kappa shape index (κ3) is 4.14. The molecule has 108 valence electrons. The quantitative estimate of drug-likeness (QED) is 0.763. The first-order valence-electron chi connectivity index (χ1n) is 5.70. The van der Waals surface area contributed by atoms with Crippen LogP contribution in [-0.2, 0) is 0 Å². The van der Waals surface area contributed by atoms with Crippen molar-refractivity contribution in [2.24, 2.45) is 0 Å². The molecule has 1 aromatic carbocycles. The molecule has 0 aliphatic heterocycles. The first-order valence-corrected chi connectivity index (χ1v) is 7.37. The minimum absolute atomic E-state index is 0.0544. The molecule has 2 nitrogen and oxygen atoms in total. The summed E-state index contributed by atoms with van der Waals surface area (Å²) in [4.78, 5) is 1.13. The van der Waals surface area contributed by atoms with Crippen LogP contribution in [0.2, 0.25) is 0 Å². The number of halogens is 4. The predicted molar refractivity (Wildman–Crippen MR) is 77.2 cm³/mol. The highest BCUT2D eigenvalue weighted by molar-refractivity contribution is 9.10. The van der Waals surface area contributed by atoms with E-state index in [9.17, 15) is 13.2 Å². The summed E-state index contributed by atoms with van der Waals surface area (Å²) in [5, 5.41) is 5.19. The Labute approximate surface area is 126 Å². The highest BCUT2D eigenvalue weighted by Gasteiger charge is 2.30. The average molecular weight is 366 g/mol. The molecule has 0 saturated heterocycles. The monoisotopic (exact) mass is 365 g/mol. The molecule has 2 rings (SSSR count). The van der Waals surface area contributed by atoms with Crippen molar-refractivity contribution in [1.82, 2.24) is 0 Å². The zero-order chi connectivity index (χ0) is 14.8. The molecule has 2 aromatic rings. The van der Waals surface area contributed by atoms with Gasteiger partial charge in [-0.05, 0) is 58.6 Å². The van der Waals surface area contributed by atoms with Crippen molar-refractivity contribution in [2.75, 3.05) is 5.32 Å². The van der Waals surface area contributed by atoms with Crippen molar-refractivity contribution >= 4 is 33.0 Å². The summed E-state index contributed by atoms with van der Waals surface area (Å²) in [6, 6.07) is 7.69. The zero-order valence-electron chi connectivity index (χ0n) is 10.4. The first kappa shape index (κ1) is 15.2. The normalized spacial score (nSPS) is 13.1. The lowest BCUT2D eigenvalue weighted by molar-refractivity contribution is -0.274. The fourth-order valence-electron chi connectivity index (χ4n) is 1.68. The predicted octanol–water partition coefficient (Wildman–Crippen LogP) is 5.58. The number of benzene rings is 1. The van der Waals surface area contributed by atoms with Gasteiger partial charge in [0.05, 0.1) is 6.04 Å². The summed E-state index contributed by atoms with van der Waals surface area (Å²) >= 11 is 5.06. The van der Waals surface area contributed by atoms with Crippen LogP contribution in [0, 0.1) is 0 Å². The second-order valence-corrected chi connectivity index (χ2v) is 5.87. The van der Waals surface area contributed by atoms with E-state index in [-0.39, 0.29) is 11.8 Å². The summed E-state index contributed by atoms with van der Waals surface area (Å²) in [5.41, 5.74) is 0.729. The fourth-order valence-corrected chi connectivity index (χ4v) is 3.41. The summed E-state index contributed by atoms with van der Waals surface area (Å²) in [7, 11) is 0. The third-order valence-electron chi connectivity index (χ3n) is 2.51. The smallest absolute Gasteiger partial charge is 0.406 e. The Kier molecular flexibility index (Phi) is 4.59. The molecule has 1 unspecified atom stereocenters. The number of ether oxygens (including phenoxy) is 1. The molecular formula is C13H11BrF3NOS. The van der Waals surface area contributed by atoms with Crippen LogP contribution in [-0.4, -0.2) is 6.36 Å². The highest BCUT2D eigenvalue weighted by atomic mass is 79.9. The van der Waals surface area contributed by atoms with Gasteiger partial charge in [0.25, 0.3) is 0 Å². The molecule has 1 heterocycles. The average Bonchev–Trinajstić information content (AvgIpc) is 2.76. The van der Waals surface area contributed by atoms with Crippen LogP contribution in [0.1, 0.15) is 17.8 Å². The summed E-state index contributed by atoms with van der Waals surface area (Å²) in [6.07, 6.45) is -4.66. The zero-order valence-corrected chi connectivity index (χ0v) is 12.8. The van der Waals surface area contributed by atoms with E-state index in [4.69, 9.17) is 0 Å². The van der Waals surface area contributed by atoms with E-state index in [0.717, 1.165) is 15.0 Å². The van der Waals surface area contributed by atoms with Gasteiger partial charge in [-0.1, -0.05) is 0 Å². The Morgan fingerprint density at radius 3 is 2.35 bits per heavy atom. The van der Waals surface area contributed by atoms with Crippen molar-refractivity contribution in [3.63, 3.8) is 0 Å². The Morgan fingerprint density at radius 2 is 1.85 bits per heavy atom. The Bertz CT molecular complexity index is 568. The largest absolute Gasteiger partial charge is 0.573 e. The second-order valence-electron chi connectivity index (χ2n) is 4.07. The maximum absolute atomic E-state index is 12.0. The van der Waals surface area contributed by atoms with Gasteiger partial charge in [-0.3, -0.25) is 0 Å². The lowest BCUT2D eigenvalue weighted by Gasteiger charge is -2.15. The Hall–Kier alpha value is -1.21. The summed E-state index contributed by atoms with van der Waals surface area (Å²) in [6.45, 7) is 1.98. The summed E-state index contributed by atoms with van der Waals surface area (Å²) < 4.78 is 41.0. The number of alkyl halides is 3. The molecule has 0 aliphatic carbocycles. The molecule has 0 aliphatic rings. The van der Waals surface area contributed by atoms with Gasteiger partial charge >= 0.3 is 6.36 Å². The molecule has 20 heavy (non-hydrogen) atoms. The van der Waals surface area contributed by atoms with E-state index in [1.54, 1.807) is 23.5 Å². The highest BCUT2D eigenvalue weighted by Crippen LogP contribution is 2.31. The number of hydrogen-bond acceptors (Lipinski definition) is 3. The Morgan fingerprint density at radius 1 is 1.20 bits per heavy atom. The second kappa shape index (κ2) is 6.05. The number of nitrogens with one attached hydrogen (secondary N) is 1. The molecule has 1 aromatic heterocycles. The number of anilines is 1. The van der Waals surface area contributed by atoms with Crippen LogP contribution in [0.15, 0.2) is 40.2 Å². The van der Waals surface area contributed by atoms with Crippen LogP contribution < -0.4 is 10.1 Å². The van der Waals surface area contributed by atoms with Crippen molar-refractivity contribution in [3.8, 4) is 5.75 Å². The lowest BCUT2D eigenvalue weighted by atomic mass is 10.2. The van der Waals surface area contributed by atoms with E-state index in [1.807, 2.05) is 18.4 Å². The van der Waals surface area contributed by atoms with E-state index in [1.165, 1.54) is 12.1 Å². The van der Waals surface area contributed by atoms with Gasteiger partial charge in [-0.2, -0.15) is 0 Å². The SMILES string of the molecule is CC(Nc1ccc(OC(F)(F)F)cc1)c1sccc1Br. The van der Waals surface area contributed by atoms with Crippen LogP contribution in [0.4, 0.5) is 18.9 Å². The maximum Gasteiger partial charge on any atom is 0.573 e. The van der Waals surface area contributed by atoms with Gasteiger partial charge in [0.15, 0.2) is 0 Å². The number of hydrogen-bond donors (Lipinski definition) is 1. The minimum atomic E-state index is -4.66. The van der Waals surface area contributed by atoms with E-state index in [2.05, 4.69) is 26.0 Å². The van der Waals surface area contributed by atoms with Crippen LogP contribution in [0.3, 0.4) is 0 Å². The number of rotatable bonds is 4. The van der Waals surface area contributed by atoms with Crippen molar-refractivity contribution in [1.29, 1.82) is 0 Å². The van der Waals surface area contributed by atoms with Gasteiger partial charge < -0.3 is 10.1 Å². The van der Waals surface area contributed by atoms with Crippen molar-refractivity contribution in [2.45, 2.75) is 19.3 Å². The molecule has 1 atom stereocenters. The van der Waals surface area contributed by atoms with Crippen molar-refractivity contribution < 1.29 is 17.9 Å². The molecule has 0 fully saturated rings. The van der Waals surface area contributed by atoms with Crippen LogP contribution in [0.25, 0.3) is 0 Å². The molecule has 0 bridgehead atoms. The number of thiophene rings is 1. The fraction of sp³-hybridized carbons (Fsp3) is 0.231. The van der Waals surface area contributed by atoms with Gasteiger partial charge in [0.2, 0.25) is 0 Å². The van der Waals surface area contributed by atoms with Crippen molar-refractivity contribution in [3.05, 3.63) is 45.1 Å². The standard InChI is InChI=1S/C13H11BrF3NOS/c1-8(12-11(14)6-7-20-12)18-9-2-4-10(5-3-9)19-13(15,16)17/h2-8,18H,1H3. The first-order chi connectivity index (χ1) is 9.35. The van der Waals surface area contributed by atoms with E-state index in [0.29, 0.717) is 0 Å². The molecular weight excluding hydrogens is 355 g/mol. The summed E-state index contributed by atoms with van der Waals surface area (Å²) in [5.74, 6) is -0.229. The van der Waals surface area contributed by atoms with Crippen LogP contribution in [0.5, 0.6) is 5.75 Å². The minimum Gasteiger partial charge on any atom is -0.406 e. The maximum atomic E-state index is 12.0. The van der Waals surface area contributed by atoms with Gasteiger partial charge in [0.1, 0.15) is 5.75 Å². The van der Waals surface area contributed by atoms with Gasteiger partial charge in [-0.25, -0.2) is 0 Å². The molecule has 1 N–H and O–H groups in total. The topological polar surface area (TPSA) is 21.3 Å². The third-order valence-corrected chi connectivity index (χ3v) is 4.56. The lowest BCUT2D eigenvalue weighted by Crippen LogP contribution is -2.17. The molecule has 0 amide bonds. The van der Waals surface area contributed by atoms with Crippen LogP contribution >= 0.6 is 27.3 Å². The van der Waals surface area contributed by atoms with Gasteiger partial charge in [0, 0.05) is 15.0 Å². The van der Waals surface area contributed by atoms with E-state index < -0.39 is 6.36 Å².